The number of hydrogen-bond donors (Lipinski definition) is 1. The smallest absolute Gasteiger partial charge is 0.432 e. The topological polar surface area (TPSA) is 55.1 Å². The lowest BCUT2D eigenvalue weighted by Gasteiger charge is -1.94. The van der Waals surface area contributed by atoms with Crippen molar-refractivity contribution in [3.05, 3.63) is 28.0 Å². The molecule has 0 unspecified atom stereocenters. The summed E-state index contributed by atoms with van der Waals surface area (Å²) in [6.45, 7) is 0. The van der Waals surface area contributed by atoms with Crippen LogP contribution in [0.4, 0.5) is 4.79 Å². The first kappa shape index (κ1) is 8.49. The molecule has 13 heavy (non-hydrogen) atoms. The van der Waals surface area contributed by atoms with Crippen LogP contribution in [0.25, 0.3) is 10.9 Å². The number of hydrogen-bond acceptors (Lipinski definition) is 2. The van der Waals surface area contributed by atoms with Gasteiger partial charge in [0.1, 0.15) is 0 Å². The van der Waals surface area contributed by atoms with E-state index in [2.05, 4.69) is 27.7 Å². The van der Waals surface area contributed by atoms with Crippen LogP contribution in [0.5, 0.6) is 0 Å². The number of aromatic nitrogens is 2. The van der Waals surface area contributed by atoms with Crippen molar-refractivity contribution in [1.29, 1.82) is 0 Å². The number of halogens is 1. The predicted molar refractivity (Wildman–Crippen MR) is 55.9 cm³/mol. The fraction of sp³-hybridized carbons (Fsp3) is 0. The van der Waals surface area contributed by atoms with Gasteiger partial charge in [-0.1, -0.05) is 0 Å². The van der Waals surface area contributed by atoms with Crippen LogP contribution < -0.4 is 0 Å². The van der Waals surface area contributed by atoms with E-state index >= 15 is 0 Å². The largest absolute Gasteiger partial charge is 0.463 e. The van der Waals surface area contributed by atoms with Gasteiger partial charge in [0.2, 0.25) is 0 Å². The Morgan fingerprint density at radius 3 is 3.00 bits per heavy atom. The van der Waals surface area contributed by atoms with Crippen LogP contribution in [0.2, 0.25) is 0 Å². The van der Waals surface area contributed by atoms with E-state index in [0.717, 1.165) is 13.6 Å². The molecule has 0 atom stereocenters. The fourth-order valence-electron chi connectivity index (χ4n) is 1.16. The highest BCUT2D eigenvalue weighted by atomic mass is 127. The molecule has 1 heterocycles. The molecule has 0 bridgehead atoms. The number of benzene rings is 1. The second-order valence-corrected chi connectivity index (χ2v) is 3.79. The van der Waals surface area contributed by atoms with Crippen LogP contribution in [0.1, 0.15) is 0 Å². The van der Waals surface area contributed by atoms with Gasteiger partial charge < -0.3 is 5.11 Å². The van der Waals surface area contributed by atoms with Gasteiger partial charge in [0.05, 0.1) is 11.7 Å². The third-order valence-electron chi connectivity index (χ3n) is 1.71. The molecule has 0 spiro atoms. The van der Waals surface area contributed by atoms with E-state index in [-0.39, 0.29) is 0 Å². The molecule has 1 N–H and O–H groups in total. The molecule has 0 aliphatic heterocycles. The van der Waals surface area contributed by atoms with Gasteiger partial charge in [0.15, 0.2) is 0 Å². The maximum atomic E-state index is 10.7. The van der Waals surface area contributed by atoms with Gasteiger partial charge in [-0.15, -0.1) is 0 Å². The summed E-state index contributed by atoms with van der Waals surface area (Å²) in [4.78, 5) is 10.7. The van der Waals surface area contributed by atoms with Crippen molar-refractivity contribution >= 4 is 39.6 Å². The molecule has 4 nitrogen and oxygen atoms in total. The standard InChI is InChI=1S/C8H5IN2O2/c9-6-1-2-7-5(3-6)4-10-11(7)8(12)13/h1-4H,(H,12,13). The minimum atomic E-state index is -1.06. The van der Waals surface area contributed by atoms with Gasteiger partial charge in [0, 0.05) is 8.96 Å². The lowest BCUT2D eigenvalue weighted by atomic mass is 10.3. The second kappa shape index (κ2) is 2.99. The van der Waals surface area contributed by atoms with Crippen LogP contribution in [0, 0.1) is 3.57 Å². The van der Waals surface area contributed by atoms with Crippen molar-refractivity contribution in [2.75, 3.05) is 0 Å². The Bertz CT molecular complexity index is 478. The Balaban J connectivity index is 2.76. The molecule has 1 aromatic heterocycles. The molecule has 2 rings (SSSR count). The first-order valence-corrected chi connectivity index (χ1v) is 4.63. The summed E-state index contributed by atoms with van der Waals surface area (Å²) in [5.41, 5.74) is 0.618. The first-order valence-electron chi connectivity index (χ1n) is 3.55. The Morgan fingerprint density at radius 1 is 1.54 bits per heavy atom. The summed E-state index contributed by atoms with van der Waals surface area (Å²) in [6.07, 6.45) is 0.488. The van der Waals surface area contributed by atoms with Crippen LogP contribution in [-0.4, -0.2) is 21.0 Å². The van der Waals surface area contributed by atoms with E-state index in [1.54, 1.807) is 12.3 Å². The van der Waals surface area contributed by atoms with Crippen LogP contribution in [0.3, 0.4) is 0 Å². The highest BCUT2D eigenvalue weighted by Crippen LogP contribution is 2.16. The molecule has 0 aliphatic carbocycles. The third-order valence-corrected chi connectivity index (χ3v) is 2.38. The van der Waals surface area contributed by atoms with Gasteiger partial charge in [-0.05, 0) is 40.8 Å². The zero-order chi connectivity index (χ0) is 9.42. The van der Waals surface area contributed by atoms with Crippen LogP contribution in [0.15, 0.2) is 24.4 Å². The van der Waals surface area contributed by atoms with Crippen molar-refractivity contribution in [3.63, 3.8) is 0 Å². The SMILES string of the molecule is O=C(O)n1ncc2cc(I)ccc21. The third kappa shape index (κ3) is 1.39. The summed E-state index contributed by atoms with van der Waals surface area (Å²) in [5.74, 6) is 0. The molecular formula is C8H5IN2O2. The normalized spacial score (nSPS) is 10.5. The van der Waals surface area contributed by atoms with Gasteiger partial charge in [-0.2, -0.15) is 9.78 Å². The van der Waals surface area contributed by atoms with Crippen molar-refractivity contribution in [2.45, 2.75) is 0 Å². The number of nitrogens with zero attached hydrogens (tertiary/aromatic N) is 2. The Hall–Kier alpha value is -1.11. The quantitative estimate of drug-likeness (QED) is 0.756. The summed E-state index contributed by atoms with van der Waals surface area (Å²) < 4.78 is 2.03. The Kier molecular flexibility index (Phi) is 1.95. The molecule has 0 saturated carbocycles. The van der Waals surface area contributed by atoms with Gasteiger partial charge in [-0.25, -0.2) is 4.79 Å². The minimum Gasteiger partial charge on any atom is -0.463 e. The number of rotatable bonds is 0. The lowest BCUT2D eigenvalue weighted by molar-refractivity contribution is 0.194. The summed E-state index contributed by atoms with van der Waals surface area (Å²) in [6, 6.07) is 5.49. The van der Waals surface area contributed by atoms with E-state index < -0.39 is 6.09 Å². The Labute approximate surface area is 87.3 Å². The second-order valence-electron chi connectivity index (χ2n) is 2.54. The van der Waals surface area contributed by atoms with Crippen molar-refractivity contribution in [2.24, 2.45) is 0 Å². The fourth-order valence-corrected chi connectivity index (χ4v) is 1.67. The average Bonchev–Trinajstić information content (AvgIpc) is 2.46. The van der Waals surface area contributed by atoms with Crippen molar-refractivity contribution < 1.29 is 9.90 Å². The van der Waals surface area contributed by atoms with E-state index in [4.69, 9.17) is 5.11 Å². The number of fused-ring (bicyclic) bond motifs is 1. The molecule has 5 heteroatoms. The van der Waals surface area contributed by atoms with E-state index in [1.807, 2.05) is 12.1 Å². The lowest BCUT2D eigenvalue weighted by Crippen LogP contribution is -2.08. The summed E-state index contributed by atoms with van der Waals surface area (Å²) >= 11 is 2.17. The van der Waals surface area contributed by atoms with E-state index in [0.29, 0.717) is 5.52 Å². The predicted octanol–water partition coefficient (Wildman–Crippen LogP) is 2.17. The van der Waals surface area contributed by atoms with Crippen molar-refractivity contribution in [3.8, 4) is 0 Å². The average molecular weight is 288 g/mol. The maximum absolute atomic E-state index is 10.7. The molecule has 0 saturated heterocycles. The molecule has 0 fully saturated rings. The first-order chi connectivity index (χ1) is 6.18. The Morgan fingerprint density at radius 2 is 2.31 bits per heavy atom. The van der Waals surface area contributed by atoms with Gasteiger partial charge in [0.25, 0.3) is 0 Å². The molecule has 0 aliphatic rings. The molecule has 0 radical (unpaired) electrons. The summed E-state index contributed by atoms with van der Waals surface area (Å²) in [5, 5.41) is 13.3. The zero-order valence-electron chi connectivity index (χ0n) is 6.44. The van der Waals surface area contributed by atoms with Crippen LogP contribution >= 0.6 is 22.6 Å². The van der Waals surface area contributed by atoms with Crippen LogP contribution in [-0.2, 0) is 0 Å². The van der Waals surface area contributed by atoms with Crippen molar-refractivity contribution in [1.82, 2.24) is 9.78 Å². The molecule has 0 amide bonds. The zero-order valence-corrected chi connectivity index (χ0v) is 8.59. The van der Waals surface area contributed by atoms with E-state index in [9.17, 15) is 4.79 Å². The highest BCUT2D eigenvalue weighted by molar-refractivity contribution is 14.1. The number of carbonyl (C=O) groups is 1. The highest BCUT2D eigenvalue weighted by Gasteiger charge is 2.07. The minimum absolute atomic E-state index is 0.618. The number of carboxylic acid groups (broad SMARTS) is 1. The molecule has 66 valence electrons. The molecule has 2 aromatic rings. The summed E-state index contributed by atoms with van der Waals surface area (Å²) in [7, 11) is 0. The maximum Gasteiger partial charge on any atom is 0.432 e. The van der Waals surface area contributed by atoms with Gasteiger partial charge in [-0.3, -0.25) is 0 Å². The monoisotopic (exact) mass is 288 g/mol. The molecular weight excluding hydrogens is 283 g/mol. The van der Waals surface area contributed by atoms with Gasteiger partial charge >= 0.3 is 6.09 Å². The molecule has 1 aromatic carbocycles. The van der Waals surface area contributed by atoms with E-state index in [1.165, 1.54) is 0 Å².